The summed E-state index contributed by atoms with van der Waals surface area (Å²) in [6.45, 7) is 5.25. The molecule has 2 nitrogen and oxygen atoms in total. The number of hydrogen-bond donors (Lipinski definition) is 1. The van der Waals surface area contributed by atoms with Crippen molar-refractivity contribution in [1.82, 2.24) is 10.2 Å². The minimum absolute atomic E-state index is 0.123. The summed E-state index contributed by atoms with van der Waals surface area (Å²) in [6.07, 6.45) is -2.42. The van der Waals surface area contributed by atoms with Gasteiger partial charge in [-0.05, 0) is 30.2 Å². The molecule has 0 unspecified atom stereocenters. The van der Waals surface area contributed by atoms with E-state index < -0.39 is 6.43 Å². The van der Waals surface area contributed by atoms with Crippen molar-refractivity contribution in [3.05, 3.63) is 34.3 Å². The Morgan fingerprint density at radius 2 is 2.00 bits per heavy atom. The number of piperazine rings is 1. The van der Waals surface area contributed by atoms with E-state index in [9.17, 15) is 8.78 Å². The van der Waals surface area contributed by atoms with Gasteiger partial charge in [-0.25, -0.2) is 8.78 Å². The maximum absolute atomic E-state index is 12.9. The lowest BCUT2D eigenvalue weighted by Gasteiger charge is -2.35. The van der Waals surface area contributed by atoms with Crippen LogP contribution in [-0.2, 0) is 0 Å². The molecule has 1 heterocycles. The Kier molecular flexibility index (Phi) is 5.13. The van der Waals surface area contributed by atoms with Crippen molar-refractivity contribution in [1.29, 1.82) is 0 Å². The lowest BCUT2D eigenvalue weighted by molar-refractivity contribution is 0.0737. The Labute approximate surface area is 117 Å². The number of rotatable bonds is 4. The van der Waals surface area contributed by atoms with Crippen molar-refractivity contribution in [2.75, 3.05) is 26.2 Å². The first-order valence-corrected chi connectivity index (χ1v) is 6.94. The summed E-state index contributed by atoms with van der Waals surface area (Å²) >= 11 is 5.94. The van der Waals surface area contributed by atoms with E-state index in [1.807, 2.05) is 19.1 Å². The number of hydrogen-bond acceptors (Lipinski definition) is 2. The number of aryl methyl sites for hydroxylation is 1. The molecule has 0 bridgehead atoms. The van der Waals surface area contributed by atoms with Crippen molar-refractivity contribution in [2.45, 2.75) is 25.8 Å². The average Bonchev–Trinajstić information content (AvgIpc) is 2.37. The van der Waals surface area contributed by atoms with Crippen molar-refractivity contribution < 1.29 is 8.78 Å². The van der Waals surface area contributed by atoms with E-state index in [1.165, 1.54) is 0 Å². The Morgan fingerprint density at radius 1 is 1.32 bits per heavy atom. The quantitative estimate of drug-likeness (QED) is 0.915. The Morgan fingerprint density at radius 3 is 2.58 bits per heavy atom. The van der Waals surface area contributed by atoms with Gasteiger partial charge >= 0.3 is 0 Å². The lowest BCUT2D eigenvalue weighted by Crippen LogP contribution is -2.45. The molecule has 2 rings (SSSR count). The van der Waals surface area contributed by atoms with Gasteiger partial charge in [-0.15, -0.1) is 0 Å². The van der Waals surface area contributed by atoms with Gasteiger partial charge in [0.05, 0.1) is 0 Å². The normalized spacial score (nSPS) is 18.8. The van der Waals surface area contributed by atoms with Gasteiger partial charge in [0, 0.05) is 43.7 Å². The van der Waals surface area contributed by atoms with E-state index in [0.717, 1.165) is 37.3 Å². The molecule has 1 atom stereocenters. The third-order valence-corrected chi connectivity index (χ3v) is 3.82. The third kappa shape index (κ3) is 3.88. The Bertz CT molecular complexity index is 420. The van der Waals surface area contributed by atoms with Crippen LogP contribution in [0, 0.1) is 6.92 Å². The van der Waals surface area contributed by atoms with Crippen molar-refractivity contribution in [3.63, 3.8) is 0 Å². The monoisotopic (exact) mass is 288 g/mol. The van der Waals surface area contributed by atoms with Gasteiger partial charge in [-0.1, -0.05) is 17.7 Å². The molecule has 19 heavy (non-hydrogen) atoms. The second kappa shape index (κ2) is 6.64. The molecule has 1 aromatic carbocycles. The van der Waals surface area contributed by atoms with Crippen LogP contribution in [0.5, 0.6) is 0 Å². The molecule has 1 aliphatic rings. The van der Waals surface area contributed by atoms with Crippen LogP contribution in [0.2, 0.25) is 5.02 Å². The first-order valence-electron chi connectivity index (χ1n) is 6.57. The predicted octanol–water partition coefficient (Wildman–Crippen LogP) is 3.25. The highest BCUT2D eigenvalue weighted by Gasteiger charge is 2.26. The number of nitrogens with zero attached hydrogens (tertiary/aromatic N) is 1. The number of benzene rings is 1. The van der Waals surface area contributed by atoms with Crippen LogP contribution in [0.1, 0.15) is 23.6 Å². The molecule has 0 amide bonds. The molecule has 1 aromatic rings. The van der Waals surface area contributed by atoms with Gasteiger partial charge in [0.25, 0.3) is 0 Å². The number of alkyl halides is 2. The fourth-order valence-electron chi connectivity index (χ4n) is 2.65. The molecule has 1 aliphatic heterocycles. The van der Waals surface area contributed by atoms with Gasteiger partial charge < -0.3 is 5.32 Å². The molecule has 0 spiro atoms. The highest BCUT2D eigenvalue weighted by atomic mass is 35.5. The van der Waals surface area contributed by atoms with Gasteiger partial charge in [-0.2, -0.15) is 0 Å². The first kappa shape index (κ1) is 14.7. The maximum atomic E-state index is 12.9. The summed E-state index contributed by atoms with van der Waals surface area (Å²) < 4.78 is 25.7. The van der Waals surface area contributed by atoms with Crippen LogP contribution in [0.25, 0.3) is 0 Å². The van der Waals surface area contributed by atoms with Crippen LogP contribution >= 0.6 is 11.6 Å². The van der Waals surface area contributed by atoms with E-state index in [1.54, 1.807) is 6.07 Å². The molecule has 1 saturated heterocycles. The van der Waals surface area contributed by atoms with Crippen LogP contribution < -0.4 is 5.32 Å². The molecule has 1 fully saturated rings. The highest BCUT2D eigenvalue weighted by molar-refractivity contribution is 6.30. The number of halogens is 3. The number of nitrogens with one attached hydrogen (secondary N) is 1. The molecule has 0 saturated carbocycles. The maximum Gasteiger partial charge on any atom is 0.240 e. The Balaban J connectivity index is 2.25. The average molecular weight is 289 g/mol. The van der Waals surface area contributed by atoms with Gasteiger partial charge in [-0.3, -0.25) is 4.90 Å². The van der Waals surface area contributed by atoms with Crippen LogP contribution in [0.15, 0.2) is 18.2 Å². The second-order valence-corrected chi connectivity index (χ2v) is 5.37. The molecule has 0 aromatic heterocycles. The smallest absolute Gasteiger partial charge is 0.240 e. The minimum atomic E-state index is -2.30. The zero-order valence-corrected chi connectivity index (χ0v) is 11.8. The first-order chi connectivity index (χ1) is 9.08. The topological polar surface area (TPSA) is 15.3 Å². The molecular formula is C14H19ClF2N2. The van der Waals surface area contributed by atoms with Gasteiger partial charge in [0.1, 0.15) is 0 Å². The van der Waals surface area contributed by atoms with Crippen molar-refractivity contribution in [2.24, 2.45) is 0 Å². The van der Waals surface area contributed by atoms with E-state index in [-0.39, 0.29) is 12.5 Å². The fraction of sp³-hybridized carbons (Fsp3) is 0.571. The summed E-state index contributed by atoms with van der Waals surface area (Å²) in [5.74, 6) is 0. The second-order valence-electron chi connectivity index (χ2n) is 4.93. The van der Waals surface area contributed by atoms with E-state index in [2.05, 4.69) is 10.2 Å². The summed E-state index contributed by atoms with van der Waals surface area (Å²) in [5, 5.41) is 3.90. The zero-order chi connectivity index (χ0) is 13.8. The van der Waals surface area contributed by atoms with Gasteiger partial charge in [0.2, 0.25) is 6.43 Å². The van der Waals surface area contributed by atoms with Gasteiger partial charge in [0.15, 0.2) is 0 Å². The molecule has 5 heteroatoms. The minimum Gasteiger partial charge on any atom is -0.314 e. The van der Waals surface area contributed by atoms with E-state index in [4.69, 9.17) is 11.6 Å². The zero-order valence-electron chi connectivity index (χ0n) is 11.0. The molecule has 0 radical (unpaired) electrons. The largest absolute Gasteiger partial charge is 0.314 e. The SMILES string of the molecule is Cc1cc(Cl)ccc1[C@H](CC(F)F)N1CCNCC1. The van der Waals surface area contributed by atoms with E-state index >= 15 is 0 Å². The fourth-order valence-corrected chi connectivity index (χ4v) is 2.87. The van der Waals surface area contributed by atoms with Crippen molar-refractivity contribution in [3.8, 4) is 0 Å². The third-order valence-electron chi connectivity index (χ3n) is 3.58. The molecule has 1 N–H and O–H groups in total. The predicted molar refractivity (Wildman–Crippen MR) is 74.0 cm³/mol. The highest BCUT2D eigenvalue weighted by Crippen LogP contribution is 2.31. The van der Waals surface area contributed by atoms with Crippen molar-refractivity contribution >= 4 is 11.6 Å². The molecule has 106 valence electrons. The standard InChI is InChI=1S/C14H19ClF2N2/c1-10-8-11(15)2-3-12(10)13(9-14(16)17)19-6-4-18-5-7-19/h2-3,8,13-14,18H,4-7,9H2,1H3/t13-/m0/s1. The molecular weight excluding hydrogens is 270 g/mol. The summed E-state index contributed by atoms with van der Waals surface area (Å²) in [6, 6.07) is 5.29. The van der Waals surface area contributed by atoms with Crippen LogP contribution in [-0.4, -0.2) is 37.5 Å². The molecule has 0 aliphatic carbocycles. The lowest BCUT2D eigenvalue weighted by atomic mass is 9.97. The van der Waals surface area contributed by atoms with Crippen LogP contribution in [0.3, 0.4) is 0 Å². The summed E-state index contributed by atoms with van der Waals surface area (Å²) in [4.78, 5) is 2.14. The Hall–Kier alpha value is -0.710. The summed E-state index contributed by atoms with van der Waals surface area (Å²) in [7, 11) is 0. The summed E-state index contributed by atoms with van der Waals surface area (Å²) in [5.41, 5.74) is 1.95. The van der Waals surface area contributed by atoms with Crippen LogP contribution in [0.4, 0.5) is 8.78 Å². The van der Waals surface area contributed by atoms with E-state index in [0.29, 0.717) is 5.02 Å².